The molecular weight excluding hydrogens is 276 g/mol. The topological polar surface area (TPSA) is 66.0 Å². The molecule has 20 heavy (non-hydrogen) atoms. The van der Waals surface area contributed by atoms with E-state index in [4.69, 9.17) is 4.74 Å². The van der Waals surface area contributed by atoms with Crippen LogP contribution in [-0.2, 0) is 4.79 Å². The Labute approximate surface area is 123 Å². The van der Waals surface area contributed by atoms with Crippen molar-refractivity contribution in [3.05, 3.63) is 60.2 Å². The molecule has 2 unspecified atom stereocenters. The Balaban J connectivity index is 0.00000147. The maximum absolute atomic E-state index is 12.1. The van der Waals surface area contributed by atoms with Crippen molar-refractivity contribution in [3.8, 4) is 5.75 Å². The molecule has 104 valence electrons. The first kappa shape index (κ1) is 14.4. The lowest BCUT2D eigenvalue weighted by atomic mass is 10.0. The zero-order chi connectivity index (χ0) is 13.2. The van der Waals surface area contributed by atoms with Crippen LogP contribution in [0.1, 0.15) is 11.7 Å². The van der Waals surface area contributed by atoms with Crippen LogP contribution in [0.15, 0.2) is 54.6 Å². The lowest BCUT2D eigenvalue weighted by Crippen LogP contribution is -3.00. The number of anilines is 1. The zero-order valence-electron chi connectivity index (χ0n) is 10.8. The van der Waals surface area contributed by atoms with Gasteiger partial charge in [-0.3, -0.25) is 4.79 Å². The number of para-hydroxylation sites is 2. The predicted octanol–water partition coefficient (Wildman–Crippen LogP) is -1.63. The molecule has 1 aliphatic heterocycles. The Bertz CT molecular complexity index is 604. The second kappa shape index (κ2) is 5.94. The van der Waals surface area contributed by atoms with Gasteiger partial charge in [0.1, 0.15) is 5.75 Å². The summed E-state index contributed by atoms with van der Waals surface area (Å²) in [5, 5.41) is 2.85. The highest BCUT2D eigenvalue weighted by molar-refractivity contribution is 5.96. The SMILES string of the molecule is [Cl-].[NH3+]C1C(=O)Nc2ccccc2OC1c1ccccc1. The van der Waals surface area contributed by atoms with Gasteiger partial charge >= 0.3 is 0 Å². The van der Waals surface area contributed by atoms with Gasteiger partial charge in [0.2, 0.25) is 6.04 Å². The maximum atomic E-state index is 12.1. The van der Waals surface area contributed by atoms with Gasteiger partial charge in [0.05, 0.1) is 5.69 Å². The monoisotopic (exact) mass is 290 g/mol. The van der Waals surface area contributed by atoms with E-state index in [-0.39, 0.29) is 24.4 Å². The van der Waals surface area contributed by atoms with Gasteiger partial charge in [0.15, 0.2) is 6.10 Å². The first-order chi connectivity index (χ1) is 9.25. The van der Waals surface area contributed by atoms with Crippen LogP contribution in [0, 0.1) is 0 Å². The summed E-state index contributed by atoms with van der Waals surface area (Å²) in [6.07, 6.45) is -0.371. The van der Waals surface area contributed by atoms with Crippen molar-refractivity contribution in [3.63, 3.8) is 0 Å². The zero-order valence-corrected chi connectivity index (χ0v) is 11.5. The number of quaternary nitrogens is 1. The molecular formula is C15H15ClN2O2. The van der Waals surface area contributed by atoms with Crippen LogP contribution in [-0.4, -0.2) is 11.9 Å². The average Bonchev–Trinajstić information content (AvgIpc) is 2.58. The van der Waals surface area contributed by atoms with E-state index in [1.807, 2.05) is 54.6 Å². The molecule has 4 nitrogen and oxygen atoms in total. The number of fused-ring (bicyclic) bond motifs is 1. The van der Waals surface area contributed by atoms with Crippen LogP contribution in [0.2, 0.25) is 0 Å². The first-order valence-electron chi connectivity index (χ1n) is 6.20. The Kier molecular flexibility index (Phi) is 4.27. The molecule has 2 atom stereocenters. The summed E-state index contributed by atoms with van der Waals surface area (Å²) in [6.45, 7) is 0. The number of halogens is 1. The van der Waals surface area contributed by atoms with E-state index in [0.29, 0.717) is 11.4 Å². The Morgan fingerprint density at radius 2 is 1.65 bits per heavy atom. The van der Waals surface area contributed by atoms with Crippen molar-refractivity contribution < 1.29 is 27.7 Å². The normalized spacial score (nSPS) is 20.8. The van der Waals surface area contributed by atoms with Crippen LogP contribution < -0.4 is 28.2 Å². The first-order valence-corrected chi connectivity index (χ1v) is 6.20. The van der Waals surface area contributed by atoms with Crippen LogP contribution in [0.3, 0.4) is 0 Å². The highest BCUT2D eigenvalue weighted by Crippen LogP contribution is 2.33. The average molecular weight is 291 g/mol. The lowest BCUT2D eigenvalue weighted by molar-refractivity contribution is -0.418. The second-order valence-corrected chi connectivity index (χ2v) is 4.54. The Hall–Kier alpha value is -2.04. The summed E-state index contributed by atoms with van der Waals surface area (Å²) in [6, 6.07) is 16.6. The molecule has 2 aromatic carbocycles. The van der Waals surface area contributed by atoms with Crippen molar-refractivity contribution in [1.29, 1.82) is 0 Å². The Morgan fingerprint density at radius 3 is 2.40 bits per heavy atom. The lowest BCUT2D eigenvalue weighted by Gasteiger charge is -2.18. The summed E-state index contributed by atoms with van der Waals surface area (Å²) in [4.78, 5) is 12.1. The molecule has 2 aromatic rings. The van der Waals surface area contributed by atoms with Gasteiger partial charge < -0.3 is 28.2 Å². The summed E-state index contributed by atoms with van der Waals surface area (Å²) in [7, 11) is 0. The molecule has 0 bridgehead atoms. The standard InChI is InChI=1S/C15H14N2O2.ClH/c16-13-14(10-6-2-1-3-7-10)19-12-9-5-4-8-11(12)17-15(13)18;/h1-9,13-14H,16H2,(H,17,18);1H. The molecule has 5 heteroatoms. The minimum atomic E-state index is -0.491. The molecule has 0 saturated heterocycles. The van der Waals surface area contributed by atoms with E-state index >= 15 is 0 Å². The van der Waals surface area contributed by atoms with Gasteiger partial charge in [0.25, 0.3) is 5.91 Å². The van der Waals surface area contributed by atoms with E-state index in [1.165, 1.54) is 0 Å². The summed E-state index contributed by atoms with van der Waals surface area (Å²) < 4.78 is 5.98. The fourth-order valence-electron chi connectivity index (χ4n) is 2.20. The van der Waals surface area contributed by atoms with Gasteiger partial charge in [0, 0.05) is 0 Å². The number of hydrogen-bond acceptors (Lipinski definition) is 2. The molecule has 0 fully saturated rings. The van der Waals surface area contributed by atoms with Gasteiger partial charge in [-0.05, 0) is 17.7 Å². The number of nitrogens with one attached hydrogen (secondary N) is 1. The van der Waals surface area contributed by atoms with E-state index < -0.39 is 6.04 Å². The number of benzene rings is 2. The third-order valence-corrected chi connectivity index (χ3v) is 3.23. The second-order valence-electron chi connectivity index (χ2n) is 4.54. The quantitative estimate of drug-likeness (QED) is 0.663. The van der Waals surface area contributed by atoms with E-state index in [0.717, 1.165) is 5.56 Å². The third-order valence-electron chi connectivity index (χ3n) is 3.23. The van der Waals surface area contributed by atoms with Crippen LogP contribution in [0.5, 0.6) is 5.75 Å². The predicted molar refractivity (Wildman–Crippen MR) is 71.6 cm³/mol. The molecule has 0 aliphatic carbocycles. The van der Waals surface area contributed by atoms with Gasteiger partial charge in [-0.2, -0.15) is 0 Å². The third kappa shape index (κ3) is 2.61. The van der Waals surface area contributed by atoms with Crippen molar-refractivity contribution in [2.45, 2.75) is 12.1 Å². The molecule has 0 radical (unpaired) electrons. The number of hydrogen-bond donors (Lipinski definition) is 2. The smallest absolute Gasteiger partial charge is 0.286 e. The molecule has 1 amide bonds. The van der Waals surface area contributed by atoms with Gasteiger partial charge in [-0.1, -0.05) is 42.5 Å². The van der Waals surface area contributed by atoms with Gasteiger partial charge in [-0.15, -0.1) is 0 Å². The van der Waals surface area contributed by atoms with Crippen molar-refractivity contribution >= 4 is 11.6 Å². The van der Waals surface area contributed by atoms with E-state index in [9.17, 15) is 4.79 Å². The minimum Gasteiger partial charge on any atom is -1.00 e. The highest BCUT2D eigenvalue weighted by Gasteiger charge is 2.35. The fraction of sp³-hybridized carbons (Fsp3) is 0.133. The number of amides is 1. The minimum absolute atomic E-state index is 0. The molecule has 4 N–H and O–H groups in total. The Morgan fingerprint density at radius 1 is 1.00 bits per heavy atom. The molecule has 0 spiro atoms. The highest BCUT2D eigenvalue weighted by atomic mass is 35.5. The summed E-state index contributed by atoms with van der Waals surface area (Å²) in [5.41, 5.74) is 5.59. The number of ether oxygens (including phenoxy) is 1. The van der Waals surface area contributed by atoms with E-state index in [1.54, 1.807) is 0 Å². The van der Waals surface area contributed by atoms with E-state index in [2.05, 4.69) is 11.1 Å². The summed E-state index contributed by atoms with van der Waals surface area (Å²) >= 11 is 0. The number of carbonyl (C=O) groups excluding carboxylic acids is 1. The van der Waals surface area contributed by atoms with Crippen molar-refractivity contribution in [2.24, 2.45) is 0 Å². The molecule has 0 aromatic heterocycles. The van der Waals surface area contributed by atoms with Crippen LogP contribution >= 0.6 is 0 Å². The van der Waals surface area contributed by atoms with Gasteiger partial charge in [-0.25, -0.2) is 0 Å². The molecule has 3 rings (SSSR count). The number of rotatable bonds is 1. The van der Waals surface area contributed by atoms with Crippen molar-refractivity contribution in [1.82, 2.24) is 0 Å². The van der Waals surface area contributed by atoms with Crippen molar-refractivity contribution in [2.75, 3.05) is 5.32 Å². The molecule has 1 aliphatic rings. The maximum Gasteiger partial charge on any atom is 0.286 e. The molecule has 0 saturated carbocycles. The number of carbonyl (C=O) groups is 1. The van der Waals surface area contributed by atoms with Crippen LogP contribution in [0.25, 0.3) is 0 Å². The summed E-state index contributed by atoms with van der Waals surface area (Å²) in [5.74, 6) is 0.551. The largest absolute Gasteiger partial charge is 1.00 e. The fourth-order valence-corrected chi connectivity index (χ4v) is 2.20. The van der Waals surface area contributed by atoms with Crippen LogP contribution in [0.4, 0.5) is 5.69 Å². The molecule has 1 heterocycles.